The van der Waals surface area contributed by atoms with Gasteiger partial charge in [0.2, 0.25) is 0 Å². The lowest BCUT2D eigenvalue weighted by Crippen LogP contribution is -1.96. The monoisotopic (exact) mass is 263 g/mol. The normalized spacial score (nSPS) is 10.2. The van der Waals surface area contributed by atoms with Crippen LogP contribution in [0.2, 0.25) is 0 Å². The summed E-state index contributed by atoms with van der Waals surface area (Å²) in [7, 11) is 1.83. The Morgan fingerprint density at radius 3 is 2.20 bits per heavy atom. The largest absolute Gasteiger partial charge is 0.373 e. The molecule has 0 unspecified atom stereocenters. The second-order valence-electron chi connectivity index (χ2n) is 4.18. The molecule has 0 amide bonds. The fraction of sp³-hybridized carbons (Fsp3) is 0.0667. The van der Waals surface area contributed by atoms with Gasteiger partial charge in [-0.05, 0) is 12.1 Å². The highest BCUT2D eigenvalue weighted by atomic mass is 15.0. The van der Waals surface area contributed by atoms with Crippen LogP contribution in [0.3, 0.4) is 0 Å². The quantitative estimate of drug-likeness (QED) is 0.787. The van der Waals surface area contributed by atoms with E-state index < -0.39 is 0 Å². The zero-order chi connectivity index (χ0) is 13.8. The summed E-state index contributed by atoms with van der Waals surface area (Å²) >= 11 is 0. The van der Waals surface area contributed by atoms with Crippen molar-refractivity contribution in [2.45, 2.75) is 0 Å². The van der Waals surface area contributed by atoms with Crippen LogP contribution in [0.15, 0.2) is 55.0 Å². The molecule has 3 aromatic rings. The first kappa shape index (κ1) is 12.2. The number of hydrogen-bond acceptors (Lipinski definition) is 5. The highest BCUT2D eigenvalue weighted by Crippen LogP contribution is 2.18. The molecule has 0 radical (unpaired) electrons. The fourth-order valence-corrected chi connectivity index (χ4v) is 1.84. The molecule has 0 aliphatic carbocycles. The van der Waals surface area contributed by atoms with E-state index in [0.29, 0.717) is 11.6 Å². The molecule has 0 aliphatic rings. The van der Waals surface area contributed by atoms with Gasteiger partial charge in [0.1, 0.15) is 12.1 Å². The topological polar surface area (TPSA) is 63.6 Å². The lowest BCUT2D eigenvalue weighted by Gasteiger charge is -2.04. The van der Waals surface area contributed by atoms with Crippen molar-refractivity contribution in [3.8, 4) is 22.8 Å². The van der Waals surface area contributed by atoms with Crippen LogP contribution in [0.1, 0.15) is 0 Å². The Morgan fingerprint density at radius 2 is 1.55 bits per heavy atom. The first-order valence-corrected chi connectivity index (χ1v) is 6.25. The number of aromatic nitrogens is 4. The van der Waals surface area contributed by atoms with Crippen molar-refractivity contribution in [3.63, 3.8) is 0 Å². The SMILES string of the molecule is CNc1ccc(-c2ncnc(-c3ccccc3)n2)cn1. The Balaban J connectivity index is 1.98. The number of nitrogens with zero attached hydrogens (tertiary/aromatic N) is 4. The summed E-state index contributed by atoms with van der Waals surface area (Å²) in [5.41, 5.74) is 1.83. The van der Waals surface area contributed by atoms with Gasteiger partial charge < -0.3 is 5.32 Å². The molecule has 1 aromatic carbocycles. The maximum atomic E-state index is 4.49. The van der Waals surface area contributed by atoms with E-state index >= 15 is 0 Å². The van der Waals surface area contributed by atoms with E-state index in [2.05, 4.69) is 25.3 Å². The summed E-state index contributed by atoms with van der Waals surface area (Å²) < 4.78 is 0. The second-order valence-corrected chi connectivity index (χ2v) is 4.18. The van der Waals surface area contributed by atoms with E-state index in [1.54, 1.807) is 6.20 Å². The van der Waals surface area contributed by atoms with Crippen LogP contribution in [0.4, 0.5) is 5.82 Å². The van der Waals surface area contributed by atoms with Crippen LogP contribution in [0.25, 0.3) is 22.8 Å². The predicted molar refractivity (Wildman–Crippen MR) is 78.0 cm³/mol. The van der Waals surface area contributed by atoms with Crippen molar-refractivity contribution in [1.29, 1.82) is 0 Å². The molecule has 0 fully saturated rings. The molecule has 5 heteroatoms. The number of anilines is 1. The van der Waals surface area contributed by atoms with E-state index in [1.807, 2.05) is 49.5 Å². The van der Waals surface area contributed by atoms with Crippen LogP contribution in [-0.4, -0.2) is 27.0 Å². The lowest BCUT2D eigenvalue weighted by atomic mass is 10.2. The van der Waals surface area contributed by atoms with Crippen LogP contribution in [0, 0.1) is 0 Å². The van der Waals surface area contributed by atoms with E-state index in [9.17, 15) is 0 Å². The van der Waals surface area contributed by atoms with Gasteiger partial charge in [0, 0.05) is 24.4 Å². The average Bonchev–Trinajstić information content (AvgIpc) is 2.56. The van der Waals surface area contributed by atoms with Gasteiger partial charge in [-0.2, -0.15) is 0 Å². The van der Waals surface area contributed by atoms with Crippen LogP contribution in [-0.2, 0) is 0 Å². The van der Waals surface area contributed by atoms with Crippen molar-refractivity contribution in [2.24, 2.45) is 0 Å². The van der Waals surface area contributed by atoms with Gasteiger partial charge in [-0.15, -0.1) is 0 Å². The number of nitrogens with one attached hydrogen (secondary N) is 1. The molecule has 0 aliphatic heterocycles. The summed E-state index contributed by atoms with van der Waals surface area (Å²) in [6, 6.07) is 13.7. The Morgan fingerprint density at radius 1 is 0.800 bits per heavy atom. The molecule has 1 N–H and O–H groups in total. The van der Waals surface area contributed by atoms with E-state index in [4.69, 9.17) is 0 Å². The molecule has 2 aromatic heterocycles. The van der Waals surface area contributed by atoms with E-state index in [-0.39, 0.29) is 0 Å². The smallest absolute Gasteiger partial charge is 0.164 e. The minimum Gasteiger partial charge on any atom is -0.373 e. The summed E-state index contributed by atoms with van der Waals surface area (Å²) in [6.45, 7) is 0. The third-order valence-corrected chi connectivity index (χ3v) is 2.88. The molecular weight excluding hydrogens is 250 g/mol. The van der Waals surface area contributed by atoms with Gasteiger partial charge in [0.05, 0.1) is 0 Å². The molecule has 3 rings (SSSR count). The minimum atomic E-state index is 0.619. The molecule has 98 valence electrons. The van der Waals surface area contributed by atoms with Crippen molar-refractivity contribution in [1.82, 2.24) is 19.9 Å². The standard InChI is InChI=1S/C15H13N5/c1-16-13-8-7-12(9-17-13)15-19-10-18-14(20-15)11-5-3-2-4-6-11/h2-10H,1H3,(H,16,17). The molecule has 20 heavy (non-hydrogen) atoms. The summed E-state index contributed by atoms with van der Waals surface area (Å²) in [5.74, 6) is 2.09. The molecule has 0 atom stereocenters. The molecule has 5 nitrogen and oxygen atoms in total. The highest BCUT2D eigenvalue weighted by molar-refractivity contribution is 5.60. The third-order valence-electron chi connectivity index (χ3n) is 2.88. The summed E-state index contributed by atoms with van der Waals surface area (Å²) in [4.78, 5) is 17.2. The fourth-order valence-electron chi connectivity index (χ4n) is 1.84. The number of pyridine rings is 1. The average molecular weight is 263 g/mol. The van der Waals surface area contributed by atoms with Crippen molar-refractivity contribution >= 4 is 5.82 Å². The minimum absolute atomic E-state index is 0.619. The van der Waals surface area contributed by atoms with Crippen molar-refractivity contribution in [3.05, 3.63) is 55.0 Å². The lowest BCUT2D eigenvalue weighted by molar-refractivity contribution is 1.06. The van der Waals surface area contributed by atoms with Crippen molar-refractivity contribution in [2.75, 3.05) is 12.4 Å². The summed E-state index contributed by atoms with van der Waals surface area (Å²) in [5, 5.41) is 2.98. The van der Waals surface area contributed by atoms with Crippen LogP contribution >= 0.6 is 0 Å². The molecule has 0 saturated carbocycles. The van der Waals surface area contributed by atoms with Gasteiger partial charge in [-0.25, -0.2) is 19.9 Å². The number of rotatable bonds is 3. The molecule has 0 spiro atoms. The van der Waals surface area contributed by atoms with Crippen LogP contribution in [0.5, 0.6) is 0 Å². The van der Waals surface area contributed by atoms with Gasteiger partial charge >= 0.3 is 0 Å². The Kier molecular flexibility index (Phi) is 3.33. The maximum Gasteiger partial charge on any atom is 0.164 e. The molecule has 0 bridgehead atoms. The first-order valence-electron chi connectivity index (χ1n) is 6.25. The Labute approximate surface area is 116 Å². The molecular formula is C15H13N5. The van der Waals surface area contributed by atoms with Gasteiger partial charge in [0.25, 0.3) is 0 Å². The Hall–Kier alpha value is -2.82. The van der Waals surface area contributed by atoms with Gasteiger partial charge in [0.15, 0.2) is 11.6 Å². The van der Waals surface area contributed by atoms with E-state index in [1.165, 1.54) is 6.33 Å². The first-order chi connectivity index (χ1) is 9.86. The van der Waals surface area contributed by atoms with Gasteiger partial charge in [-0.1, -0.05) is 30.3 Å². The van der Waals surface area contributed by atoms with Crippen LogP contribution < -0.4 is 5.32 Å². The van der Waals surface area contributed by atoms with E-state index in [0.717, 1.165) is 16.9 Å². The Bertz CT molecular complexity index is 695. The summed E-state index contributed by atoms with van der Waals surface area (Å²) in [6.07, 6.45) is 3.27. The third kappa shape index (κ3) is 2.47. The van der Waals surface area contributed by atoms with Crippen molar-refractivity contribution < 1.29 is 0 Å². The second kappa shape index (κ2) is 5.44. The number of hydrogen-bond donors (Lipinski definition) is 1. The maximum absolute atomic E-state index is 4.49. The van der Waals surface area contributed by atoms with Gasteiger partial charge in [-0.3, -0.25) is 0 Å². The molecule has 0 saturated heterocycles. The molecule has 2 heterocycles. The zero-order valence-electron chi connectivity index (χ0n) is 11.0. The number of benzene rings is 1. The highest BCUT2D eigenvalue weighted by Gasteiger charge is 2.06. The predicted octanol–water partition coefficient (Wildman–Crippen LogP) is 2.64. The zero-order valence-corrected chi connectivity index (χ0v) is 11.0.